The molecule has 6 heteroatoms. The van der Waals surface area contributed by atoms with E-state index in [1.807, 2.05) is 0 Å². The lowest BCUT2D eigenvalue weighted by molar-refractivity contribution is -0.155. The van der Waals surface area contributed by atoms with E-state index in [-0.39, 0.29) is 12.2 Å². The molecule has 1 aliphatic carbocycles. The van der Waals surface area contributed by atoms with Crippen LogP contribution in [-0.2, 0) is 19.1 Å². The fraction of sp³-hybridized carbons (Fsp3) is 0.786. The van der Waals surface area contributed by atoms with Crippen LogP contribution < -0.4 is 0 Å². The highest BCUT2D eigenvalue weighted by Gasteiger charge is 2.63. The number of Topliss-reactive ketones (excluding diaryl/α,β-unsaturated/α-hetero) is 1. The minimum atomic E-state index is -0.867. The molecule has 1 atom stereocenters. The van der Waals surface area contributed by atoms with Crippen LogP contribution in [0.15, 0.2) is 0 Å². The minimum absolute atomic E-state index is 0.144. The number of carbonyl (C=O) groups is 3. The molecule has 2 rings (SSSR count). The molecule has 1 amide bonds. The fourth-order valence-corrected chi connectivity index (χ4v) is 2.79. The second-order valence-electron chi connectivity index (χ2n) is 6.41. The number of ketones is 1. The Bertz CT molecular complexity index is 439. The van der Waals surface area contributed by atoms with Crippen molar-refractivity contribution in [2.24, 2.45) is 5.92 Å². The SMILES string of the molecule is COC(=O)C1C(=O)CCN(C(=O)OC(C)(C)C)C12CC2. The number of amides is 1. The lowest BCUT2D eigenvalue weighted by atomic mass is 9.85. The van der Waals surface area contributed by atoms with E-state index in [1.54, 1.807) is 25.7 Å². The Kier molecular flexibility index (Phi) is 3.52. The van der Waals surface area contributed by atoms with Crippen LogP contribution in [-0.4, -0.2) is 47.5 Å². The summed E-state index contributed by atoms with van der Waals surface area (Å²) < 4.78 is 10.1. The third kappa shape index (κ3) is 2.51. The van der Waals surface area contributed by atoms with Crippen molar-refractivity contribution < 1.29 is 23.9 Å². The molecule has 20 heavy (non-hydrogen) atoms. The van der Waals surface area contributed by atoms with Crippen LogP contribution in [0.25, 0.3) is 0 Å². The highest BCUT2D eigenvalue weighted by atomic mass is 16.6. The lowest BCUT2D eigenvalue weighted by Gasteiger charge is -2.40. The number of methoxy groups -OCH3 is 1. The van der Waals surface area contributed by atoms with Gasteiger partial charge in [0.1, 0.15) is 11.5 Å². The summed E-state index contributed by atoms with van der Waals surface area (Å²) >= 11 is 0. The maximum Gasteiger partial charge on any atom is 0.410 e. The van der Waals surface area contributed by atoms with E-state index >= 15 is 0 Å². The summed E-state index contributed by atoms with van der Waals surface area (Å²) in [6.07, 6.45) is 0.979. The molecule has 2 fully saturated rings. The third-order valence-corrected chi connectivity index (χ3v) is 3.79. The van der Waals surface area contributed by atoms with Gasteiger partial charge in [-0.25, -0.2) is 4.79 Å². The van der Waals surface area contributed by atoms with Gasteiger partial charge in [0.15, 0.2) is 5.78 Å². The van der Waals surface area contributed by atoms with Crippen molar-refractivity contribution >= 4 is 17.8 Å². The zero-order valence-electron chi connectivity index (χ0n) is 12.4. The number of esters is 1. The number of nitrogens with zero attached hydrogens (tertiary/aromatic N) is 1. The van der Waals surface area contributed by atoms with Gasteiger partial charge < -0.3 is 14.4 Å². The number of piperidine rings is 1. The van der Waals surface area contributed by atoms with E-state index in [2.05, 4.69) is 0 Å². The number of likely N-dealkylation sites (tertiary alicyclic amines) is 1. The Morgan fingerprint density at radius 1 is 1.30 bits per heavy atom. The molecular weight excluding hydrogens is 262 g/mol. The summed E-state index contributed by atoms with van der Waals surface area (Å²) in [5.41, 5.74) is -1.32. The van der Waals surface area contributed by atoms with E-state index in [0.717, 1.165) is 0 Å². The zero-order chi connectivity index (χ0) is 15.1. The van der Waals surface area contributed by atoms with Crippen LogP contribution in [0.5, 0.6) is 0 Å². The van der Waals surface area contributed by atoms with Crippen LogP contribution in [0.1, 0.15) is 40.0 Å². The molecule has 1 aliphatic heterocycles. The predicted octanol–water partition coefficient (Wildman–Crippen LogP) is 1.52. The van der Waals surface area contributed by atoms with E-state index in [0.29, 0.717) is 19.4 Å². The number of ether oxygens (including phenoxy) is 2. The first-order valence-electron chi connectivity index (χ1n) is 6.82. The highest BCUT2D eigenvalue weighted by molar-refractivity contribution is 6.02. The molecule has 1 heterocycles. The minimum Gasteiger partial charge on any atom is -0.468 e. The molecule has 1 saturated carbocycles. The lowest BCUT2D eigenvalue weighted by Crippen LogP contribution is -2.57. The third-order valence-electron chi connectivity index (χ3n) is 3.79. The summed E-state index contributed by atoms with van der Waals surface area (Å²) in [6.45, 7) is 5.67. The monoisotopic (exact) mass is 283 g/mol. The number of hydrogen-bond donors (Lipinski definition) is 0. The topological polar surface area (TPSA) is 72.9 Å². The Morgan fingerprint density at radius 2 is 1.90 bits per heavy atom. The van der Waals surface area contributed by atoms with Crippen LogP contribution in [0.4, 0.5) is 4.79 Å². The molecule has 0 bridgehead atoms. The summed E-state index contributed by atoms with van der Waals surface area (Å²) in [6, 6.07) is 0. The first kappa shape index (κ1) is 14.8. The molecule has 1 saturated heterocycles. The van der Waals surface area contributed by atoms with Crippen molar-refractivity contribution in [3.8, 4) is 0 Å². The normalized spacial score (nSPS) is 24.5. The van der Waals surface area contributed by atoms with Crippen molar-refractivity contribution in [2.75, 3.05) is 13.7 Å². The number of hydrogen-bond acceptors (Lipinski definition) is 5. The summed E-state index contributed by atoms with van der Waals surface area (Å²) in [4.78, 5) is 37.7. The van der Waals surface area contributed by atoms with Gasteiger partial charge in [-0.1, -0.05) is 0 Å². The van der Waals surface area contributed by atoms with Crippen molar-refractivity contribution in [3.05, 3.63) is 0 Å². The van der Waals surface area contributed by atoms with Crippen molar-refractivity contribution in [1.82, 2.24) is 4.90 Å². The smallest absolute Gasteiger partial charge is 0.410 e. The first-order chi connectivity index (χ1) is 9.21. The van der Waals surface area contributed by atoms with Crippen LogP contribution in [0, 0.1) is 5.92 Å². The average Bonchev–Trinajstić information content (AvgIpc) is 3.07. The molecule has 1 spiro atoms. The molecule has 112 valence electrons. The Balaban J connectivity index is 2.22. The second-order valence-corrected chi connectivity index (χ2v) is 6.41. The van der Waals surface area contributed by atoms with Gasteiger partial charge in [-0.15, -0.1) is 0 Å². The Labute approximate surface area is 118 Å². The van der Waals surface area contributed by atoms with E-state index in [1.165, 1.54) is 7.11 Å². The predicted molar refractivity (Wildman–Crippen MR) is 70.0 cm³/mol. The molecule has 1 unspecified atom stereocenters. The average molecular weight is 283 g/mol. The maximum atomic E-state index is 12.3. The molecule has 0 radical (unpaired) electrons. The summed E-state index contributed by atoms with van der Waals surface area (Å²) in [7, 11) is 1.26. The summed E-state index contributed by atoms with van der Waals surface area (Å²) in [5, 5.41) is 0. The van der Waals surface area contributed by atoms with E-state index < -0.39 is 29.1 Å². The standard InChI is InChI=1S/C14H21NO5/c1-13(2,3)20-12(18)15-8-5-9(16)10(11(17)19-4)14(15)6-7-14/h10H,5-8H2,1-4H3. The molecule has 6 nitrogen and oxygen atoms in total. The molecule has 0 aromatic heterocycles. The fourth-order valence-electron chi connectivity index (χ4n) is 2.79. The van der Waals surface area contributed by atoms with Crippen LogP contribution in [0.3, 0.4) is 0 Å². The molecule has 0 N–H and O–H groups in total. The van der Waals surface area contributed by atoms with Gasteiger partial charge in [0.25, 0.3) is 0 Å². The van der Waals surface area contributed by atoms with Crippen LogP contribution in [0.2, 0.25) is 0 Å². The molecule has 0 aromatic rings. The Morgan fingerprint density at radius 3 is 2.35 bits per heavy atom. The maximum absolute atomic E-state index is 12.3. The van der Waals surface area contributed by atoms with Gasteiger partial charge in [-0.05, 0) is 33.6 Å². The number of rotatable bonds is 1. The number of carbonyl (C=O) groups excluding carboxylic acids is 3. The van der Waals surface area contributed by atoms with Gasteiger partial charge in [0.2, 0.25) is 0 Å². The molecule has 0 aromatic carbocycles. The van der Waals surface area contributed by atoms with Gasteiger partial charge in [-0.2, -0.15) is 0 Å². The van der Waals surface area contributed by atoms with Gasteiger partial charge in [-0.3, -0.25) is 9.59 Å². The molecule has 2 aliphatic rings. The second kappa shape index (κ2) is 4.75. The van der Waals surface area contributed by atoms with Crippen LogP contribution >= 0.6 is 0 Å². The van der Waals surface area contributed by atoms with E-state index in [4.69, 9.17) is 9.47 Å². The Hall–Kier alpha value is -1.59. The first-order valence-corrected chi connectivity index (χ1v) is 6.82. The largest absolute Gasteiger partial charge is 0.468 e. The van der Waals surface area contributed by atoms with Crippen molar-refractivity contribution in [1.29, 1.82) is 0 Å². The van der Waals surface area contributed by atoms with Gasteiger partial charge >= 0.3 is 12.1 Å². The van der Waals surface area contributed by atoms with Crippen molar-refractivity contribution in [2.45, 2.75) is 51.2 Å². The summed E-state index contributed by atoms with van der Waals surface area (Å²) in [5.74, 6) is -1.57. The van der Waals surface area contributed by atoms with Gasteiger partial charge in [0.05, 0.1) is 12.6 Å². The quantitative estimate of drug-likeness (QED) is 0.539. The van der Waals surface area contributed by atoms with Crippen molar-refractivity contribution in [3.63, 3.8) is 0 Å². The molecular formula is C14H21NO5. The van der Waals surface area contributed by atoms with E-state index in [9.17, 15) is 14.4 Å². The highest BCUT2D eigenvalue weighted by Crippen LogP contribution is 2.51. The van der Waals surface area contributed by atoms with Gasteiger partial charge in [0, 0.05) is 13.0 Å². The zero-order valence-corrected chi connectivity index (χ0v) is 12.4.